The second-order valence-corrected chi connectivity index (χ2v) is 9.91. The number of methoxy groups -OCH3 is 1. The van der Waals surface area contributed by atoms with Crippen LogP contribution in [0.3, 0.4) is 0 Å². The highest BCUT2D eigenvalue weighted by Crippen LogP contribution is 2.26. The van der Waals surface area contributed by atoms with Crippen molar-refractivity contribution >= 4 is 27.8 Å². The molecule has 8 nitrogen and oxygen atoms in total. The van der Waals surface area contributed by atoms with Crippen molar-refractivity contribution in [1.82, 2.24) is 19.2 Å². The molecular weight excluding hydrogens is 448 g/mol. The number of nitrogens with one attached hydrogen (secondary N) is 1. The van der Waals surface area contributed by atoms with Crippen LogP contribution in [0.4, 0.5) is 14.6 Å². The standard InChI is InChI=1S/C19H25F2N5O3S2/c1-25-9-7-14(8-10-25)26(2)31(27,28)24-16-11-17(29-3)23-19(22-16)30-12-13-5-4-6-15(20)18(13)21/h4-6,11,14H,7-10,12H2,1-3H3,(H,22,23,24). The van der Waals surface area contributed by atoms with Gasteiger partial charge in [0.1, 0.15) is 5.82 Å². The van der Waals surface area contributed by atoms with Crippen LogP contribution in [0.25, 0.3) is 0 Å². The molecule has 1 aliphatic rings. The first kappa shape index (κ1) is 23.6. The molecule has 31 heavy (non-hydrogen) atoms. The summed E-state index contributed by atoms with van der Waals surface area (Å²) < 4.78 is 61.9. The van der Waals surface area contributed by atoms with E-state index in [-0.39, 0.29) is 34.2 Å². The van der Waals surface area contributed by atoms with E-state index in [0.29, 0.717) is 0 Å². The molecule has 1 aliphatic heterocycles. The molecule has 0 bridgehead atoms. The van der Waals surface area contributed by atoms with Gasteiger partial charge in [0, 0.05) is 30.5 Å². The maximum atomic E-state index is 13.9. The summed E-state index contributed by atoms with van der Waals surface area (Å²) in [5, 5.41) is 0.169. The second kappa shape index (κ2) is 10.1. The Morgan fingerprint density at radius 3 is 2.68 bits per heavy atom. The zero-order valence-corrected chi connectivity index (χ0v) is 19.1. The summed E-state index contributed by atoms with van der Waals surface area (Å²) in [6.07, 6.45) is 1.47. The number of piperidine rings is 1. The number of thioether (sulfide) groups is 1. The van der Waals surface area contributed by atoms with Crippen molar-refractivity contribution < 1.29 is 21.9 Å². The molecule has 0 aliphatic carbocycles. The third-order valence-electron chi connectivity index (χ3n) is 5.09. The van der Waals surface area contributed by atoms with E-state index in [0.717, 1.165) is 43.8 Å². The minimum Gasteiger partial charge on any atom is -0.481 e. The molecule has 0 atom stereocenters. The third-order valence-corrected chi connectivity index (χ3v) is 7.51. The topological polar surface area (TPSA) is 87.7 Å². The number of aromatic nitrogens is 2. The smallest absolute Gasteiger partial charge is 0.302 e. The Kier molecular flexibility index (Phi) is 7.68. The van der Waals surface area contributed by atoms with Crippen molar-refractivity contribution in [3.8, 4) is 5.88 Å². The fourth-order valence-corrected chi connectivity index (χ4v) is 5.13. The van der Waals surface area contributed by atoms with Crippen molar-refractivity contribution in [1.29, 1.82) is 0 Å². The molecular formula is C19H25F2N5O3S2. The number of rotatable bonds is 8. The van der Waals surface area contributed by atoms with Gasteiger partial charge in [0.25, 0.3) is 0 Å². The molecule has 1 saturated heterocycles. The first-order valence-corrected chi connectivity index (χ1v) is 12.0. The van der Waals surface area contributed by atoms with E-state index in [1.165, 1.54) is 29.6 Å². The minimum absolute atomic E-state index is 0.0360. The Balaban J connectivity index is 1.74. The van der Waals surface area contributed by atoms with E-state index in [1.54, 1.807) is 7.05 Å². The highest BCUT2D eigenvalue weighted by Gasteiger charge is 2.29. The predicted octanol–water partition coefficient (Wildman–Crippen LogP) is 2.74. The monoisotopic (exact) mass is 473 g/mol. The van der Waals surface area contributed by atoms with E-state index < -0.39 is 21.8 Å². The Morgan fingerprint density at radius 2 is 2.00 bits per heavy atom. The molecule has 2 heterocycles. The molecule has 3 rings (SSSR count). The van der Waals surface area contributed by atoms with Crippen LogP contribution in [0.2, 0.25) is 0 Å². The number of ether oxygens (including phenoxy) is 1. The lowest BCUT2D eigenvalue weighted by Gasteiger charge is -2.34. The van der Waals surface area contributed by atoms with E-state index in [4.69, 9.17) is 4.74 Å². The zero-order valence-electron chi connectivity index (χ0n) is 17.5. The second-order valence-electron chi connectivity index (χ2n) is 7.24. The van der Waals surface area contributed by atoms with E-state index >= 15 is 0 Å². The Hall–Kier alpha value is -2.02. The fourth-order valence-electron chi connectivity index (χ4n) is 3.19. The Labute approximate surface area is 185 Å². The van der Waals surface area contributed by atoms with Crippen molar-refractivity contribution in [2.24, 2.45) is 0 Å². The summed E-state index contributed by atoms with van der Waals surface area (Å²) in [5.74, 6) is -1.61. The molecule has 0 unspecified atom stereocenters. The molecule has 0 amide bonds. The van der Waals surface area contributed by atoms with Gasteiger partial charge in [-0.3, -0.25) is 4.72 Å². The van der Waals surface area contributed by atoms with Gasteiger partial charge >= 0.3 is 10.2 Å². The summed E-state index contributed by atoms with van der Waals surface area (Å²) in [6, 6.07) is 5.18. The number of nitrogens with zero attached hydrogens (tertiary/aromatic N) is 4. The van der Waals surface area contributed by atoms with Gasteiger partial charge in [-0.05, 0) is 39.0 Å². The van der Waals surface area contributed by atoms with Gasteiger partial charge in [-0.15, -0.1) is 0 Å². The third kappa shape index (κ3) is 6.03. The number of hydrogen-bond donors (Lipinski definition) is 1. The first-order chi connectivity index (χ1) is 14.7. The van der Waals surface area contributed by atoms with E-state index in [1.807, 2.05) is 7.05 Å². The van der Waals surface area contributed by atoms with Gasteiger partial charge in [0.05, 0.1) is 7.11 Å². The average Bonchev–Trinajstić information content (AvgIpc) is 2.74. The SMILES string of the molecule is COc1cc(NS(=O)(=O)N(C)C2CCN(C)CC2)nc(SCc2cccc(F)c2F)n1. The highest BCUT2D eigenvalue weighted by atomic mass is 32.2. The van der Waals surface area contributed by atoms with Crippen LogP contribution in [0.5, 0.6) is 5.88 Å². The first-order valence-electron chi connectivity index (χ1n) is 9.62. The van der Waals surface area contributed by atoms with Gasteiger partial charge < -0.3 is 9.64 Å². The Bertz CT molecular complexity index is 1020. The maximum absolute atomic E-state index is 13.9. The summed E-state index contributed by atoms with van der Waals surface area (Å²) in [7, 11) is 1.09. The average molecular weight is 474 g/mol. The normalized spacial score (nSPS) is 15.9. The van der Waals surface area contributed by atoms with Crippen LogP contribution >= 0.6 is 11.8 Å². The molecule has 170 valence electrons. The number of likely N-dealkylation sites (tertiary alicyclic amines) is 1. The van der Waals surface area contributed by atoms with Gasteiger partial charge in [0.15, 0.2) is 16.8 Å². The molecule has 0 spiro atoms. The summed E-state index contributed by atoms with van der Waals surface area (Å²) in [5.41, 5.74) is 0.153. The number of halogens is 2. The number of hydrogen-bond acceptors (Lipinski definition) is 7. The molecule has 1 fully saturated rings. The fraction of sp³-hybridized carbons (Fsp3) is 0.474. The minimum atomic E-state index is -3.85. The molecule has 12 heteroatoms. The van der Waals surface area contributed by atoms with Gasteiger partial charge in [-0.25, -0.2) is 13.8 Å². The van der Waals surface area contributed by atoms with Crippen molar-refractivity contribution in [2.75, 3.05) is 39.0 Å². The van der Waals surface area contributed by atoms with Gasteiger partial charge in [0.2, 0.25) is 5.88 Å². The van der Waals surface area contributed by atoms with Crippen LogP contribution in [0, 0.1) is 11.6 Å². The van der Waals surface area contributed by atoms with E-state index in [9.17, 15) is 17.2 Å². The number of benzene rings is 1. The van der Waals surface area contributed by atoms with Crippen LogP contribution in [-0.2, 0) is 16.0 Å². The zero-order chi connectivity index (χ0) is 22.6. The van der Waals surface area contributed by atoms with Gasteiger partial charge in [-0.1, -0.05) is 23.9 Å². The quantitative estimate of drug-likeness (QED) is 0.466. The van der Waals surface area contributed by atoms with Crippen molar-refractivity contribution in [3.63, 3.8) is 0 Å². The number of anilines is 1. The molecule has 0 saturated carbocycles. The molecule has 1 aromatic heterocycles. The lowest BCUT2D eigenvalue weighted by atomic mass is 10.1. The molecule has 2 aromatic rings. The van der Waals surface area contributed by atoms with Crippen LogP contribution in [0.1, 0.15) is 18.4 Å². The summed E-state index contributed by atoms with van der Waals surface area (Å²) in [6.45, 7) is 1.65. The largest absolute Gasteiger partial charge is 0.481 e. The summed E-state index contributed by atoms with van der Waals surface area (Å²) in [4.78, 5) is 10.5. The van der Waals surface area contributed by atoms with Crippen LogP contribution < -0.4 is 9.46 Å². The lowest BCUT2D eigenvalue weighted by molar-refractivity contribution is 0.198. The molecule has 1 N–H and O–H groups in total. The van der Waals surface area contributed by atoms with Crippen molar-refractivity contribution in [2.45, 2.75) is 29.8 Å². The molecule has 0 radical (unpaired) electrons. The van der Waals surface area contributed by atoms with Crippen LogP contribution in [0.15, 0.2) is 29.4 Å². The predicted molar refractivity (Wildman–Crippen MR) is 115 cm³/mol. The summed E-state index contributed by atoms with van der Waals surface area (Å²) >= 11 is 1.04. The molecule has 1 aromatic carbocycles. The lowest BCUT2D eigenvalue weighted by Crippen LogP contribution is -2.46. The van der Waals surface area contributed by atoms with Crippen LogP contribution in [-0.4, -0.2) is 67.9 Å². The maximum Gasteiger partial charge on any atom is 0.302 e. The van der Waals surface area contributed by atoms with Crippen molar-refractivity contribution in [3.05, 3.63) is 41.5 Å². The van der Waals surface area contributed by atoms with E-state index in [2.05, 4.69) is 19.6 Å². The Morgan fingerprint density at radius 1 is 1.29 bits per heavy atom. The highest BCUT2D eigenvalue weighted by molar-refractivity contribution is 7.98. The van der Waals surface area contributed by atoms with Gasteiger partial charge in [-0.2, -0.15) is 17.7 Å².